The molecular weight excluding hydrogens is 510 g/mol. The number of imidazole rings is 1. The van der Waals surface area contributed by atoms with Gasteiger partial charge in [-0.1, -0.05) is 11.6 Å². The fourth-order valence-corrected chi connectivity index (χ4v) is 3.19. The molecule has 14 heteroatoms. The van der Waals surface area contributed by atoms with Gasteiger partial charge >= 0.3 is 12.1 Å². The van der Waals surface area contributed by atoms with Crippen LogP contribution >= 0.6 is 11.6 Å². The smallest absolute Gasteiger partial charge is 0.490 e. The van der Waals surface area contributed by atoms with Crippen LogP contribution in [0.5, 0.6) is 5.75 Å². The molecule has 0 saturated heterocycles. The molecule has 0 aliphatic rings. The fourth-order valence-electron chi connectivity index (χ4n) is 2.91. The molecule has 3 N–H and O–H groups in total. The van der Waals surface area contributed by atoms with E-state index < -0.39 is 18.1 Å². The number of aromatic hydroxyl groups is 1. The second-order valence-corrected chi connectivity index (χ2v) is 7.54. The summed E-state index contributed by atoms with van der Waals surface area (Å²) in [6.45, 7) is 1.71. The largest absolute Gasteiger partial charge is 0.504 e. The molecule has 0 atom stereocenters. The molecule has 36 heavy (non-hydrogen) atoms. The van der Waals surface area contributed by atoms with Crippen molar-refractivity contribution in [1.29, 1.82) is 0 Å². The molecule has 4 rings (SSSR count). The molecule has 9 nitrogen and oxygen atoms in total. The van der Waals surface area contributed by atoms with Gasteiger partial charge in [0.05, 0.1) is 28.9 Å². The summed E-state index contributed by atoms with van der Waals surface area (Å²) in [5.41, 5.74) is 2.15. The number of aryl methyl sites for hydroxylation is 1. The number of carboxylic acids is 1. The molecule has 4 aromatic rings. The normalized spacial score (nSPS) is 10.9. The summed E-state index contributed by atoms with van der Waals surface area (Å²) in [6.07, 6.45) is 1.21. The number of nitrogens with zero attached hydrogens (tertiary/aromatic N) is 4. The first kappa shape index (κ1) is 26.2. The summed E-state index contributed by atoms with van der Waals surface area (Å²) in [4.78, 5) is 25.4. The number of benzene rings is 2. The molecular formula is C22H16ClF4N5O4. The molecule has 0 spiro atoms. The van der Waals surface area contributed by atoms with Crippen molar-refractivity contribution in [3.63, 3.8) is 0 Å². The van der Waals surface area contributed by atoms with Crippen LogP contribution in [-0.2, 0) is 4.79 Å². The zero-order valence-electron chi connectivity index (χ0n) is 18.2. The Labute approximate surface area is 205 Å². The summed E-state index contributed by atoms with van der Waals surface area (Å²) in [5.74, 6) is -4.04. The molecule has 0 aliphatic carbocycles. The van der Waals surface area contributed by atoms with Gasteiger partial charge in [-0.25, -0.2) is 18.9 Å². The lowest BCUT2D eigenvalue weighted by atomic mass is 10.2. The second kappa shape index (κ2) is 10.5. The van der Waals surface area contributed by atoms with Crippen LogP contribution in [0.25, 0.3) is 11.4 Å². The Morgan fingerprint density at radius 2 is 1.78 bits per heavy atom. The van der Waals surface area contributed by atoms with E-state index in [1.54, 1.807) is 48.4 Å². The van der Waals surface area contributed by atoms with Crippen LogP contribution in [0, 0.1) is 12.7 Å². The predicted octanol–water partition coefficient (Wildman–Crippen LogP) is 4.75. The minimum Gasteiger partial charge on any atom is -0.504 e. The SMILES string of the molecule is Cc1cc(F)ccc1-n1cc(O)c(C(=O)Nc2ccc(-n3ccnc3)c(Cl)c2)n1.O=C(O)C(F)(F)F. The molecule has 0 radical (unpaired) electrons. The maximum Gasteiger partial charge on any atom is 0.490 e. The first-order valence-corrected chi connectivity index (χ1v) is 10.2. The zero-order chi connectivity index (χ0) is 26.6. The van der Waals surface area contributed by atoms with E-state index in [9.17, 15) is 27.5 Å². The van der Waals surface area contributed by atoms with Gasteiger partial charge in [0.2, 0.25) is 0 Å². The maximum atomic E-state index is 13.3. The van der Waals surface area contributed by atoms with Crippen LogP contribution in [0.3, 0.4) is 0 Å². The maximum absolute atomic E-state index is 13.3. The third kappa shape index (κ3) is 6.18. The number of aromatic nitrogens is 4. The third-order valence-electron chi connectivity index (χ3n) is 4.55. The number of anilines is 1. The molecule has 0 unspecified atom stereocenters. The molecule has 2 aromatic heterocycles. The minimum absolute atomic E-state index is 0.163. The Hall–Kier alpha value is -4.39. The van der Waals surface area contributed by atoms with Crippen molar-refractivity contribution < 1.29 is 37.4 Å². The fraction of sp³-hybridized carbons (Fsp3) is 0.0909. The van der Waals surface area contributed by atoms with E-state index in [1.165, 1.54) is 29.1 Å². The molecule has 2 heterocycles. The van der Waals surface area contributed by atoms with Gasteiger partial charge in [-0.2, -0.15) is 18.3 Å². The number of alkyl halides is 3. The monoisotopic (exact) mass is 525 g/mol. The number of aliphatic carboxylic acids is 1. The molecule has 0 bridgehead atoms. The van der Waals surface area contributed by atoms with E-state index in [4.69, 9.17) is 21.5 Å². The summed E-state index contributed by atoms with van der Waals surface area (Å²) in [6, 6.07) is 9.15. The van der Waals surface area contributed by atoms with Crippen molar-refractivity contribution in [2.24, 2.45) is 0 Å². The van der Waals surface area contributed by atoms with Gasteiger partial charge in [0.25, 0.3) is 5.91 Å². The van der Waals surface area contributed by atoms with Crippen LogP contribution in [0.1, 0.15) is 16.1 Å². The third-order valence-corrected chi connectivity index (χ3v) is 4.85. The number of carbonyl (C=O) groups is 2. The quantitative estimate of drug-likeness (QED) is 0.331. The highest BCUT2D eigenvalue weighted by molar-refractivity contribution is 6.32. The topological polar surface area (TPSA) is 122 Å². The molecule has 1 amide bonds. The summed E-state index contributed by atoms with van der Waals surface area (Å²) < 4.78 is 48.1. The van der Waals surface area contributed by atoms with Crippen molar-refractivity contribution in [3.8, 4) is 17.1 Å². The Morgan fingerprint density at radius 3 is 2.33 bits per heavy atom. The average Bonchev–Trinajstić information content (AvgIpc) is 3.43. The van der Waals surface area contributed by atoms with Crippen molar-refractivity contribution >= 4 is 29.2 Å². The second-order valence-electron chi connectivity index (χ2n) is 7.13. The summed E-state index contributed by atoms with van der Waals surface area (Å²) >= 11 is 6.30. The van der Waals surface area contributed by atoms with Gasteiger partial charge in [-0.05, 0) is 48.9 Å². The van der Waals surface area contributed by atoms with Gasteiger partial charge < -0.3 is 20.1 Å². The van der Waals surface area contributed by atoms with E-state index >= 15 is 0 Å². The molecule has 0 fully saturated rings. The lowest BCUT2D eigenvalue weighted by Crippen LogP contribution is -2.21. The minimum atomic E-state index is -5.08. The van der Waals surface area contributed by atoms with Gasteiger partial charge in [0.15, 0.2) is 11.4 Å². The number of nitrogens with one attached hydrogen (secondary N) is 1. The van der Waals surface area contributed by atoms with E-state index in [2.05, 4.69) is 15.4 Å². The number of carbonyl (C=O) groups excluding carboxylic acids is 1. The van der Waals surface area contributed by atoms with Gasteiger partial charge in [0, 0.05) is 18.1 Å². The Balaban J connectivity index is 0.000000454. The van der Waals surface area contributed by atoms with Crippen LogP contribution in [-0.4, -0.2) is 47.6 Å². The van der Waals surface area contributed by atoms with E-state index in [0.29, 0.717) is 27.6 Å². The number of amides is 1. The molecule has 0 saturated carbocycles. The van der Waals surface area contributed by atoms with Crippen molar-refractivity contribution in [1.82, 2.24) is 19.3 Å². The zero-order valence-corrected chi connectivity index (χ0v) is 18.9. The van der Waals surface area contributed by atoms with E-state index in [0.717, 1.165) is 0 Å². The highest BCUT2D eigenvalue weighted by Crippen LogP contribution is 2.26. The summed E-state index contributed by atoms with van der Waals surface area (Å²) in [5, 5.41) is 24.5. The molecule has 0 aliphatic heterocycles. The van der Waals surface area contributed by atoms with Gasteiger partial charge in [-0.3, -0.25) is 4.79 Å². The Morgan fingerprint density at radius 1 is 1.11 bits per heavy atom. The van der Waals surface area contributed by atoms with Crippen LogP contribution in [0.2, 0.25) is 5.02 Å². The number of hydrogen-bond donors (Lipinski definition) is 3. The van der Waals surface area contributed by atoms with Crippen LogP contribution in [0.4, 0.5) is 23.2 Å². The first-order chi connectivity index (χ1) is 16.9. The lowest BCUT2D eigenvalue weighted by Gasteiger charge is -2.09. The average molecular weight is 526 g/mol. The first-order valence-electron chi connectivity index (χ1n) is 9.81. The van der Waals surface area contributed by atoms with Crippen molar-refractivity contribution in [2.45, 2.75) is 13.1 Å². The van der Waals surface area contributed by atoms with E-state index in [1.807, 2.05) is 0 Å². The number of carboxylic acid groups (broad SMARTS) is 1. The van der Waals surface area contributed by atoms with Crippen molar-refractivity contribution in [2.75, 3.05) is 5.32 Å². The Kier molecular flexibility index (Phi) is 7.63. The highest BCUT2D eigenvalue weighted by Gasteiger charge is 2.38. The number of rotatable bonds is 4. The van der Waals surface area contributed by atoms with Crippen molar-refractivity contribution in [3.05, 3.63) is 83.4 Å². The number of hydrogen-bond acceptors (Lipinski definition) is 5. The summed E-state index contributed by atoms with van der Waals surface area (Å²) in [7, 11) is 0. The molecule has 188 valence electrons. The van der Waals surface area contributed by atoms with E-state index in [-0.39, 0.29) is 17.3 Å². The van der Waals surface area contributed by atoms with Crippen LogP contribution < -0.4 is 5.32 Å². The highest BCUT2D eigenvalue weighted by atomic mass is 35.5. The Bertz CT molecular complexity index is 1400. The molecule has 2 aromatic carbocycles. The van der Waals surface area contributed by atoms with Gasteiger partial charge in [0.1, 0.15) is 5.82 Å². The van der Waals surface area contributed by atoms with Crippen LogP contribution in [0.15, 0.2) is 61.3 Å². The van der Waals surface area contributed by atoms with Gasteiger partial charge in [-0.15, -0.1) is 0 Å². The predicted molar refractivity (Wildman–Crippen MR) is 120 cm³/mol. The number of halogens is 5. The lowest BCUT2D eigenvalue weighted by molar-refractivity contribution is -0.192. The standard InChI is InChI=1S/C20H15ClFN5O2.C2HF3O2/c1-12-8-13(22)2-4-16(12)27-10-18(28)19(25-27)20(29)24-14-3-5-17(15(21)9-14)26-7-6-23-11-26;3-2(4,5)1(6)7/h2-11,28H,1H3,(H,24,29);(H,6,7).